The Morgan fingerprint density at radius 1 is 1.25 bits per heavy atom. The zero-order valence-corrected chi connectivity index (χ0v) is 11.3. The van der Waals surface area contributed by atoms with Crippen molar-refractivity contribution in [2.24, 2.45) is 5.73 Å². The lowest BCUT2D eigenvalue weighted by atomic mass is 9.94. The zero-order valence-electron chi connectivity index (χ0n) is 11.3. The van der Waals surface area contributed by atoms with Crippen LogP contribution in [0.15, 0.2) is 18.2 Å². The molecule has 5 nitrogen and oxygen atoms in total. The molecule has 20 heavy (non-hydrogen) atoms. The molecule has 1 heterocycles. The Hall–Kier alpha value is -1.72. The molecule has 1 fully saturated rings. The van der Waals surface area contributed by atoms with E-state index in [0.717, 1.165) is 19.3 Å². The molecule has 0 radical (unpaired) electrons. The Bertz CT molecular complexity index is 564. The molecule has 1 aliphatic carbocycles. The Labute approximate surface area is 117 Å². The van der Waals surface area contributed by atoms with E-state index >= 15 is 0 Å². The van der Waals surface area contributed by atoms with Gasteiger partial charge in [0.05, 0.1) is 18.8 Å². The smallest absolute Gasteiger partial charge is 0.257 e. The Morgan fingerprint density at radius 3 is 2.70 bits per heavy atom. The standard InChI is InChI=1S/C15H18N2O3/c16-15(8-20-9-15)7-13(18)17-14(19)12-5-4-10-2-1-3-11(10)6-12/h4-6H,1-3,7-9,16H2,(H,17,18,19). The van der Waals surface area contributed by atoms with Gasteiger partial charge in [0.1, 0.15) is 0 Å². The molecule has 0 bridgehead atoms. The minimum Gasteiger partial charge on any atom is -0.377 e. The molecule has 3 rings (SSSR count). The number of amides is 2. The number of hydrogen-bond acceptors (Lipinski definition) is 4. The van der Waals surface area contributed by atoms with E-state index in [1.54, 1.807) is 6.07 Å². The van der Waals surface area contributed by atoms with E-state index in [9.17, 15) is 9.59 Å². The SMILES string of the molecule is NC1(CC(=O)NC(=O)c2ccc3c(c2)CCC3)COC1. The topological polar surface area (TPSA) is 81.4 Å². The maximum absolute atomic E-state index is 12.0. The van der Waals surface area contributed by atoms with Gasteiger partial charge in [-0.05, 0) is 42.5 Å². The van der Waals surface area contributed by atoms with Crippen molar-refractivity contribution in [3.05, 3.63) is 34.9 Å². The molecule has 1 saturated heterocycles. The molecule has 0 spiro atoms. The van der Waals surface area contributed by atoms with Gasteiger partial charge in [0.25, 0.3) is 5.91 Å². The van der Waals surface area contributed by atoms with Crippen molar-refractivity contribution < 1.29 is 14.3 Å². The van der Waals surface area contributed by atoms with Crippen LogP contribution in [0.5, 0.6) is 0 Å². The molecular formula is C15H18N2O3. The van der Waals surface area contributed by atoms with Gasteiger partial charge in [0, 0.05) is 12.0 Å². The van der Waals surface area contributed by atoms with Crippen LogP contribution < -0.4 is 11.1 Å². The number of carbonyl (C=O) groups excluding carboxylic acids is 2. The summed E-state index contributed by atoms with van der Waals surface area (Å²) in [6, 6.07) is 5.64. The average Bonchev–Trinajstić information content (AvgIpc) is 2.83. The van der Waals surface area contributed by atoms with Gasteiger partial charge in [-0.15, -0.1) is 0 Å². The third kappa shape index (κ3) is 2.59. The number of benzene rings is 1. The van der Waals surface area contributed by atoms with E-state index in [4.69, 9.17) is 10.5 Å². The summed E-state index contributed by atoms with van der Waals surface area (Å²) in [7, 11) is 0. The summed E-state index contributed by atoms with van der Waals surface area (Å²) in [6.45, 7) is 0.737. The van der Waals surface area contributed by atoms with E-state index < -0.39 is 5.54 Å². The lowest BCUT2D eigenvalue weighted by molar-refractivity contribution is -0.127. The van der Waals surface area contributed by atoms with Gasteiger partial charge < -0.3 is 10.5 Å². The highest BCUT2D eigenvalue weighted by Crippen LogP contribution is 2.23. The molecule has 5 heteroatoms. The fourth-order valence-electron chi connectivity index (χ4n) is 2.74. The summed E-state index contributed by atoms with van der Waals surface area (Å²) in [5.41, 5.74) is 8.34. The predicted molar refractivity (Wildman–Crippen MR) is 73.3 cm³/mol. The van der Waals surface area contributed by atoms with Crippen LogP contribution in [-0.4, -0.2) is 30.6 Å². The quantitative estimate of drug-likeness (QED) is 0.843. The number of carbonyl (C=O) groups is 2. The van der Waals surface area contributed by atoms with Crippen LogP contribution in [0.3, 0.4) is 0 Å². The first-order chi connectivity index (χ1) is 9.56. The highest BCUT2D eigenvalue weighted by Gasteiger charge is 2.36. The molecule has 0 atom stereocenters. The summed E-state index contributed by atoms with van der Waals surface area (Å²) in [4.78, 5) is 23.8. The van der Waals surface area contributed by atoms with Crippen LogP contribution in [0.2, 0.25) is 0 Å². The summed E-state index contributed by atoms with van der Waals surface area (Å²) in [6.07, 6.45) is 3.33. The van der Waals surface area contributed by atoms with Crippen molar-refractivity contribution in [3.8, 4) is 0 Å². The number of imide groups is 1. The van der Waals surface area contributed by atoms with Gasteiger partial charge in [-0.1, -0.05) is 6.07 Å². The maximum Gasteiger partial charge on any atom is 0.257 e. The van der Waals surface area contributed by atoms with Gasteiger partial charge in [0.2, 0.25) is 5.91 Å². The summed E-state index contributed by atoms with van der Waals surface area (Å²) in [5, 5.41) is 2.40. The molecule has 1 aromatic rings. The number of hydrogen-bond donors (Lipinski definition) is 2. The number of rotatable bonds is 3. The third-order valence-electron chi connectivity index (χ3n) is 3.91. The molecule has 0 aromatic heterocycles. The molecule has 1 aromatic carbocycles. The first-order valence-corrected chi connectivity index (χ1v) is 6.88. The molecular weight excluding hydrogens is 256 g/mol. The Morgan fingerprint density at radius 2 is 2.00 bits per heavy atom. The molecule has 0 unspecified atom stereocenters. The lowest BCUT2D eigenvalue weighted by Crippen LogP contribution is -2.59. The van der Waals surface area contributed by atoms with Crippen LogP contribution in [0.1, 0.15) is 34.3 Å². The van der Waals surface area contributed by atoms with E-state index in [0.29, 0.717) is 18.8 Å². The molecule has 2 amide bonds. The molecule has 0 saturated carbocycles. The number of nitrogens with one attached hydrogen (secondary N) is 1. The number of aryl methyl sites for hydroxylation is 2. The van der Waals surface area contributed by atoms with Crippen LogP contribution in [0.25, 0.3) is 0 Å². The van der Waals surface area contributed by atoms with Gasteiger partial charge in [0.15, 0.2) is 0 Å². The second-order valence-electron chi connectivity index (χ2n) is 5.75. The van der Waals surface area contributed by atoms with Crippen LogP contribution >= 0.6 is 0 Å². The van der Waals surface area contributed by atoms with Gasteiger partial charge in [-0.25, -0.2) is 0 Å². The van der Waals surface area contributed by atoms with E-state index in [1.807, 2.05) is 12.1 Å². The van der Waals surface area contributed by atoms with E-state index in [-0.39, 0.29) is 18.2 Å². The van der Waals surface area contributed by atoms with Crippen molar-refractivity contribution in [1.29, 1.82) is 0 Å². The maximum atomic E-state index is 12.0. The van der Waals surface area contributed by atoms with E-state index in [2.05, 4.69) is 5.32 Å². The monoisotopic (exact) mass is 274 g/mol. The fourth-order valence-corrected chi connectivity index (χ4v) is 2.74. The molecule has 106 valence electrons. The van der Waals surface area contributed by atoms with Crippen LogP contribution in [-0.2, 0) is 22.4 Å². The molecule has 3 N–H and O–H groups in total. The lowest BCUT2D eigenvalue weighted by Gasteiger charge is -2.36. The second-order valence-corrected chi connectivity index (χ2v) is 5.75. The van der Waals surface area contributed by atoms with Crippen molar-refractivity contribution in [2.45, 2.75) is 31.2 Å². The highest BCUT2D eigenvalue weighted by atomic mass is 16.5. The van der Waals surface area contributed by atoms with Crippen LogP contribution in [0.4, 0.5) is 0 Å². The Kier molecular flexibility index (Phi) is 3.31. The molecule has 1 aliphatic heterocycles. The van der Waals surface area contributed by atoms with Crippen LogP contribution in [0, 0.1) is 0 Å². The van der Waals surface area contributed by atoms with Crippen molar-refractivity contribution in [1.82, 2.24) is 5.32 Å². The summed E-state index contributed by atoms with van der Waals surface area (Å²) < 4.78 is 4.99. The van der Waals surface area contributed by atoms with Crippen molar-refractivity contribution >= 4 is 11.8 Å². The minimum atomic E-state index is -0.609. The number of fused-ring (bicyclic) bond motifs is 1. The largest absolute Gasteiger partial charge is 0.377 e. The summed E-state index contributed by atoms with van der Waals surface area (Å²) >= 11 is 0. The first-order valence-electron chi connectivity index (χ1n) is 6.88. The Balaban J connectivity index is 1.62. The molecule has 2 aliphatic rings. The van der Waals surface area contributed by atoms with Gasteiger partial charge >= 0.3 is 0 Å². The number of ether oxygens (including phenoxy) is 1. The zero-order chi connectivity index (χ0) is 14.2. The van der Waals surface area contributed by atoms with Crippen molar-refractivity contribution in [2.75, 3.05) is 13.2 Å². The fraction of sp³-hybridized carbons (Fsp3) is 0.467. The minimum absolute atomic E-state index is 0.115. The first kappa shape index (κ1) is 13.3. The highest BCUT2D eigenvalue weighted by molar-refractivity contribution is 6.05. The van der Waals surface area contributed by atoms with Gasteiger partial charge in [-0.2, -0.15) is 0 Å². The number of nitrogens with two attached hydrogens (primary N) is 1. The van der Waals surface area contributed by atoms with Crippen molar-refractivity contribution in [3.63, 3.8) is 0 Å². The summed E-state index contributed by atoms with van der Waals surface area (Å²) in [5.74, 6) is -0.699. The second kappa shape index (κ2) is 5.00. The normalized spacial score (nSPS) is 19.1. The van der Waals surface area contributed by atoms with Gasteiger partial charge in [-0.3, -0.25) is 14.9 Å². The third-order valence-corrected chi connectivity index (χ3v) is 3.91. The van der Waals surface area contributed by atoms with E-state index in [1.165, 1.54) is 11.1 Å². The average molecular weight is 274 g/mol. The predicted octanol–water partition coefficient (Wildman–Crippen LogP) is 0.549.